The maximum atomic E-state index is 3.73. The largest absolute Gasteiger partial charge is 0.316 e. The van der Waals surface area contributed by atoms with Crippen LogP contribution in [0.3, 0.4) is 0 Å². The molecular weight excluding hydrogens is 300 g/mol. The highest BCUT2D eigenvalue weighted by atomic mass is 79.9. The van der Waals surface area contributed by atoms with Crippen molar-refractivity contribution in [1.82, 2.24) is 10.2 Å². The first-order valence-electron chi connectivity index (χ1n) is 7.26. The van der Waals surface area contributed by atoms with Gasteiger partial charge in [-0.25, -0.2) is 0 Å². The minimum absolute atomic E-state index is 0.739. The van der Waals surface area contributed by atoms with E-state index in [9.17, 15) is 0 Å². The molecule has 1 N–H and O–H groups in total. The van der Waals surface area contributed by atoms with E-state index in [2.05, 4.69) is 58.2 Å². The Morgan fingerprint density at radius 3 is 2.63 bits per heavy atom. The molecule has 0 unspecified atom stereocenters. The highest BCUT2D eigenvalue weighted by Gasteiger charge is 2.29. The Morgan fingerprint density at radius 2 is 2.11 bits per heavy atom. The first-order chi connectivity index (χ1) is 9.10. The van der Waals surface area contributed by atoms with Gasteiger partial charge in [0.1, 0.15) is 0 Å². The predicted molar refractivity (Wildman–Crippen MR) is 85.2 cm³/mol. The van der Waals surface area contributed by atoms with Gasteiger partial charge in [0.2, 0.25) is 0 Å². The molecule has 0 atom stereocenters. The molecule has 1 aliphatic rings. The maximum absolute atomic E-state index is 3.73. The highest BCUT2D eigenvalue weighted by molar-refractivity contribution is 9.10. The fourth-order valence-corrected chi connectivity index (χ4v) is 3.05. The molecule has 0 amide bonds. The zero-order valence-electron chi connectivity index (χ0n) is 12.2. The van der Waals surface area contributed by atoms with Crippen LogP contribution in [0.1, 0.15) is 37.8 Å². The molecule has 1 saturated carbocycles. The molecule has 1 aliphatic carbocycles. The van der Waals surface area contributed by atoms with Crippen molar-refractivity contribution in [1.29, 1.82) is 0 Å². The summed E-state index contributed by atoms with van der Waals surface area (Å²) in [6.45, 7) is 7.82. The summed E-state index contributed by atoms with van der Waals surface area (Å²) in [5.74, 6) is 0.739. The van der Waals surface area contributed by atoms with E-state index in [0.717, 1.165) is 25.0 Å². The smallest absolute Gasteiger partial charge is 0.0247 e. The molecule has 0 aliphatic heterocycles. The number of hydrogen-bond donors (Lipinski definition) is 1. The van der Waals surface area contributed by atoms with Crippen molar-refractivity contribution >= 4 is 15.9 Å². The van der Waals surface area contributed by atoms with Crippen molar-refractivity contribution < 1.29 is 0 Å². The van der Waals surface area contributed by atoms with E-state index in [1.165, 1.54) is 35.0 Å². The van der Waals surface area contributed by atoms with Gasteiger partial charge >= 0.3 is 0 Å². The number of benzene rings is 1. The molecule has 1 aromatic rings. The average molecular weight is 325 g/mol. The van der Waals surface area contributed by atoms with Gasteiger partial charge in [-0.3, -0.25) is 4.90 Å². The second kappa shape index (κ2) is 6.87. The Balaban J connectivity index is 2.04. The Morgan fingerprint density at radius 1 is 1.37 bits per heavy atom. The molecular formula is C16H25BrN2. The van der Waals surface area contributed by atoms with Crippen LogP contribution in [-0.2, 0) is 13.1 Å². The molecule has 0 saturated heterocycles. The van der Waals surface area contributed by atoms with Gasteiger partial charge in [-0.1, -0.05) is 41.9 Å². The molecule has 1 fully saturated rings. The topological polar surface area (TPSA) is 15.3 Å². The molecule has 0 bridgehead atoms. The van der Waals surface area contributed by atoms with Gasteiger partial charge in [-0.15, -0.1) is 0 Å². The zero-order chi connectivity index (χ0) is 13.8. The van der Waals surface area contributed by atoms with Crippen LogP contribution in [-0.4, -0.2) is 24.5 Å². The monoisotopic (exact) mass is 324 g/mol. The van der Waals surface area contributed by atoms with E-state index < -0.39 is 0 Å². The zero-order valence-corrected chi connectivity index (χ0v) is 13.8. The van der Waals surface area contributed by atoms with Gasteiger partial charge in [0.05, 0.1) is 0 Å². The van der Waals surface area contributed by atoms with Crippen LogP contribution in [0.4, 0.5) is 0 Å². The maximum Gasteiger partial charge on any atom is 0.0247 e. The fraction of sp³-hybridized carbons (Fsp3) is 0.625. The van der Waals surface area contributed by atoms with E-state index in [4.69, 9.17) is 0 Å². The normalized spacial score (nSPS) is 15.5. The van der Waals surface area contributed by atoms with Crippen molar-refractivity contribution in [2.24, 2.45) is 5.92 Å². The van der Waals surface area contributed by atoms with E-state index >= 15 is 0 Å². The number of rotatable bonds is 7. The molecule has 0 heterocycles. The predicted octanol–water partition coefficient (Wildman–Crippen LogP) is 3.79. The second-order valence-corrected chi connectivity index (χ2v) is 6.86. The summed E-state index contributed by atoms with van der Waals surface area (Å²) in [7, 11) is 1.99. The number of halogens is 1. The van der Waals surface area contributed by atoms with Crippen LogP contribution in [0.2, 0.25) is 0 Å². The highest BCUT2D eigenvalue weighted by Crippen LogP contribution is 2.30. The summed E-state index contributed by atoms with van der Waals surface area (Å²) >= 11 is 3.73. The molecule has 3 heteroatoms. The standard InChI is InChI=1S/C16H25BrN2/c1-12(2)10-19(15-6-7-15)11-14-5-4-13(9-18-3)8-16(14)17/h4-5,8,12,15,18H,6-7,9-11H2,1-3H3. The summed E-state index contributed by atoms with van der Waals surface area (Å²) in [5, 5.41) is 3.19. The van der Waals surface area contributed by atoms with Crippen molar-refractivity contribution in [3.05, 3.63) is 33.8 Å². The van der Waals surface area contributed by atoms with Crippen molar-refractivity contribution in [3.63, 3.8) is 0 Å². The summed E-state index contributed by atoms with van der Waals surface area (Å²) in [5.41, 5.74) is 2.74. The third-order valence-corrected chi connectivity index (χ3v) is 4.27. The van der Waals surface area contributed by atoms with Crippen molar-refractivity contribution in [3.8, 4) is 0 Å². The van der Waals surface area contributed by atoms with Gasteiger partial charge in [-0.05, 0) is 43.0 Å². The van der Waals surface area contributed by atoms with E-state index in [1.54, 1.807) is 0 Å². The van der Waals surface area contributed by atoms with Gasteiger partial charge in [0, 0.05) is 30.1 Å². The van der Waals surface area contributed by atoms with Crippen LogP contribution in [0.15, 0.2) is 22.7 Å². The Hall–Kier alpha value is -0.380. The van der Waals surface area contributed by atoms with Crippen LogP contribution in [0.5, 0.6) is 0 Å². The average Bonchev–Trinajstić information content (AvgIpc) is 3.15. The first kappa shape index (κ1) is 15.0. The quantitative estimate of drug-likeness (QED) is 0.820. The van der Waals surface area contributed by atoms with Crippen molar-refractivity contribution in [2.75, 3.05) is 13.6 Å². The Labute approximate surface area is 125 Å². The van der Waals surface area contributed by atoms with Gasteiger partial charge in [0.15, 0.2) is 0 Å². The third-order valence-electron chi connectivity index (χ3n) is 3.53. The summed E-state index contributed by atoms with van der Waals surface area (Å²) in [6.07, 6.45) is 2.75. The number of hydrogen-bond acceptors (Lipinski definition) is 2. The molecule has 0 spiro atoms. The third kappa shape index (κ3) is 4.59. The molecule has 106 valence electrons. The van der Waals surface area contributed by atoms with Gasteiger partial charge in [0.25, 0.3) is 0 Å². The lowest BCUT2D eigenvalue weighted by atomic mass is 10.1. The van der Waals surface area contributed by atoms with Crippen LogP contribution >= 0.6 is 15.9 Å². The van der Waals surface area contributed by atoms with E-state index in [1.807, 2.05) is 7.05 Å². The molecule has 19 heavy (non-hydrogen) atoms. The van der Waals surface area contributed by atoms with E-state index in [0.29, 0.717) is 0 Å². The lowest BCUT2D eigenvalue weighted by Crippen LogP contribution is -2.29. The van der Waals surface area contributed by atoms with Crippen LogP contribution in [0, 0.1) is 5.92 Å². The first-order valence-corrected chi connectivity index (χ1v) is 8.05. The van der Waals surface area contributed by atoms with Crippen molar-refractivity contribution in [2.45, 2.75) is 45.8 Å². The molecule has 0 radical (unpaired) electrons. The molecule has 2 rings (SSSR count). The Kier molecular flexibility index (Phi) is 5.43. The summed E-state index contributed by atoms with van der Waals surface area (Å²) in [4.78, 5) is 2.64. The van der Waals surface area contributed by atoms with Gasteiger partial charge < -0.3 is 5.32 Å². The number of nitrogens with one attached hydrogen (secondary N) is 1. The SMILES string of the molecule is CNCc1ccc(CN(CC(C)C)C2CC2)c(Br)c1. The lowest BCUT2D eigenvalue weighted by Gasteiger charge is -2.24. The second-order valence-electron chi connectivity index (χ2n) is 6.01. The lowest BCUT2D eigenvalue weighted by molar-refractivity contribution is 0.225. The summed E-state index contributed by atoms with van der Waals surface area (Å²) in [6, 6.07) is 7.57. The minimum Gasteiger partial charge on any atom is -0.316 e. The fourth-order valence-electron chi connectivity index (χ4n) is 2.50. The molecule has 1 aromatic carbocycles. The molecule has 0 aromatic heterocycles. The number of nitrogens with zero attached hydrogens (tertiary/aromatic N) is 1. The molecule has 2 nitrogen and oxygen atoms in total. The minimum atomic E-state index is 0.739. The van der Waals surface area contributed by atoms with Gasteiger partial charge in [-0.2, -0.15) is 0 Å². The summed E-state index contributed by atoms with van der Waals surface area (Å²) < 4.78 is 1.25. The van der Waals surface area contributed by atoms with E-state index in [-0.39, 0.29) is 0 Å². The van der Waals surface area contributed by atoms with Crippen LogP contribution in [0.25, 0.3) is 0 Å². The van der Waals surface area contributed by atoms with Crippen LogP contribution < -0.4 is 5.32 Å². The Bertz CT molecular complexity index is 413.